The van der Waals surface area contributed by atoms with Crippen LogP contribution < -0.4 is 0 Å². The van der Waals surface area contributed by atoms with Gasteiger partial charge in [-0.25, -0.2) is 0 Å². The Labute approximate surface area is 91.9 Å². The van der Waals surface area contributed by atoms with E-state index in [0.717, 1.165) is 11.3 Å². The van der Waals surface area contributed by atoms with E-state index in [2.05, 4.69) is 22.4 Å². The molecule has 2 nitrogen and oxygen atoms in total. The van der Waals surface area contributed by atoms with Gasteiger partial charge in [0.05, 0.1) is 10.8 Å². The van der Waals surface area contributed by atoms with Gasteiger partial charge in [0, 0.05) is 0 Å². The van der Waals surface area contributed by atoms with Crippen LogP contribution >= 0.6 is 23.8 Å². The Morgan fingerprint density at radius 1 is 1.43 bits per heavy atom. The molecule has 0 aliphatic rings. The smallest absolute Gasteiger partial charge is 0.245 e. The van der Waals surface area contributed by atoms with Gasteiger partial charge >= 0.3 is 0 Å². The number of thiocarbonyl (C=S) groups is 1. The molecule has 1 aromatic rings. The highest BCUT2D eigenvalue weighted by atomic mass is 35.5. The lowest BCUT2D eigenvalue weighted by atomic mass is 10.2. The maximum Gasteiger partial charge on any atom is 0.245 e. The van der Waals surface area contributed by atoms with E-state index < -0.39 is 5.24 Å². The minimum atomic E-state index is -0.494. The minimum Gasteiger partial charge on any atom is -0.276 e. The highest BCUT2D eigenvalue weighted by Gasteiger charge is 1.90. The van der Waals surface area contributed by atoms with Gasteiger partial charge in [0.25, 0.3) is 0 Å². The van der Waals surface area contributed by atoms with Crippen LogP contribution in [0.1, 0.15) is 5.56 Å². The van der Waals surface area contributed by atoms with E-state index in [1.54, 1.807) is 18.2 Å². The van der Waals surface area contributed by atoms with Crippen LogP contribution in [0.25, 0.3) is 6.08 Å². The largest absolute Gasteiger partial charge is 0.276 e. The molecule has 0 aromatic heterocycles. The molecule has 0 aliphatic carbocycles. The van der Waals surface area contributed by atoms with Crippen molar-refractivity contribution in [3.05, 3.63) is 35.9 Å². The first-order chi connectivity index (χ1) is 6.72. The van der Waals surface area contributed by atoms with Crippen LogP contribution in [-0.2, 0) is 4.79 Å². The molecule has 0 saturated heterocycles. The van der Waals surface area contributed by atoms with E-state index in [4.69, 9.17) is 11.6 Å². The zero-order valence-electron chi connectivity index (χ0n) is 7.11. The summed E-state index contributed by atoms with van der Waals surface area (Å²) in [7, 11) is 0. The minimum absolute atomic E-state index is 0.494. The lowest BCUT2D eigenvalue weighted by Crippen LogP contribution is -1.75. The molecule has 0 radical (unpaired) electrons. The maximum absolute atomic E-state index is 10.4. The van der Waals surface area contributed by atoms with Gasteiger partial charge in [-0.3, -0.25) is 4.79 Å². The van der Waals surface area contributed by atoms with Gasteiger partial charge < -0.3 is 0 Å². The fourth-order valence-electron chi connectivity index (χ4n) is 0.874. The van der Waals surface area contributed by atoms with Gasteiger partial charge in [0.2, 0.25) is 5.24 Å². The molecule has 4 heteroatoms. The highest BCUT2D eigenvalue weighted by molar-refractivity contribution is 7.78. The van der Waals surface area contributed by atoms with E-state index in [0.29, 0.717) is 0 Å². The fourth-order valence-corrected chi connectivity index (χ4v) is 1.04. The van der Waals surface area contributed by atoms with Crippen LogP contribution in [0.3, 0.4) is 0 Å². The van der Waals surface area contributed by atoms with Gasteiger partial charge in [-0.15, -0.1) is 0 Å². The first-order valence-corrected chi connectivity index (χ1v) is 4.56. The number of benzene rings is 1. The van der Waals surface area contributed by atoms with Gasteiger partial charge in [-0.1, -0.05) is 18.2 Å². The number of isothiocyanates is 1. The molecular formula is C10H6ClNOS. The Morgan fingerprint density at radius 3 is 2.57 bits per heavy atom. The van der Waals surface area contributed by atoms with Crippen molar-refractivity contribution < 1.29 is 4.79 Å². The second-order valence-electron chi connectivity index (χ2n) is 2.43. The van der Waals surface area contributed by atoms with Crippen LogP contribution in [0.2, 0.25) is 0 Å². The van der Waals surface area contributed by atoms with Crippen LogP contribution in [0, 0.1) is 0 Å². The summed E-state index contributed by atoms with van der Waals surface area (Å²) in [5.74, 6) is 0. The van der Waals surface area contributed by atoms with Crippen molar-refractivity contribution in [1.29, 1.82) is 0 Å². The molecule has 0 heterocycles. The van der Waals surface area contributed by atoms with Crippen molar-refractivity contribution >= 4 is 46.0 Å². The van der Waals surface area contributed by atoms with Crippen molar-refractivity contribution in [1.82, 2.24) is 0 Å². The third kappa shape index (κ3) is 3.62. The topological polar surface area (TPSA) is 29.4 Å². The molecule has 0 unspecified atom stereocenters. The van der Waals surface area contributed by atoms with Crippen molar-refractivity contribution in [2.45, 2.75) is 0 Å². The van der Waals surface area contributed by atoms with Crippen LogP contribution in [0.4, 0.5) is 5.69 Å². The molecule has 0 aliphatic heterocycles. The zero-order valence-corrected chi connectivity index (χ0v) is 8.68. The molecule has 0 fully saturated rings. The molecule has 0 spiro atoms. The lowest BCUT2D eigenvalue weighted by Gasteiger charge is -1.92. The van der Waals surface area contributed by atoms with Crippen molar-refractivity contribution in [2.24, 2.45) is 4.99 Å². The van der Waals surface area contributed by atoms with Crippen molar-refractivity contribution in [2.75, 3.05) is 0 Å². The zero-order chi connectivity index (χ0) is 10.4. The predicted molar refractivity (Wildman–Crippen MR) is 61.0 cm³/mol. The Bertz CT molecular complexity index is 405. The maximum atomic E-state index is 10.4. The summed E-state index contributed by atoms with van der Waals surface area (Å²) in [5.41, 5.74) is 1.61. The van der Waals surface area contributed by atoms with E-state index >= 15 is 0 Å². The Balaban J connectivity index is 2.83. The fraction of sp³-hybridized carbons (Fsp3) is 0. The normalized spacial score (nSPS) is 9.79. The number of rotatable bonds is 3. The first kappa shape index (κ1) is 10.8. The van der Waals surface area contributed by atoms with E-state index in [1.807, 2.05) is 12.1 Å². The van der Waals surface area contributed by atoms with E-state index in [9.17, 15) is 4.79 Å². The molecule has 14 heavy (non-hydrogen) atoms. The number of carbonyl (C=O) groups excluding carboxylic acids is 1. The van der Waals surface area contributed by atoms with Crippen LogP contribution in [0.15, 0.2) is 35.3 Å². The summed E-state index contributed by atoms with van der Waals surface area (Å²) in [4.78, 5) is 14.2. The summed E-state index contributed by atoms with van der Waals surface area (Å²) in [5, 5.41) is 1.77. The molecule has 1 rings (SSSR count). The molecular weight excluding hydrogens is 218 g/mol. The van der Waals surface area contributed by atoms with Crippen LogP contribution in [-0.4, -0.2) is 10.4 Å². The second kappa shape index (κ2) is 5.45. The van der Waals surface area contributed by atoms with Gasteiger partial charge in [-0.2, -0.15) is 4.99 Å². The summed E-state index contributed by atoms with van der Waals surface area (Å²) < 4.78 is 0. The standard InChI is InChI=1S/C10H6ClNOS/c11-10(13)6-3-8-1-4-9(5-2-8)12-7-14/h1-6H/b6-3+. The van der Waals surface area contributed by atoms with Crippen molar-refractivity contribution in [3.8, 4) is 0 Å². The third-order valence-corrected chi connectivity index (χ3v) is 1.69. The lowest BCUT2D eigenvalue weighted by molar-refractivity contribution is -0.107. The molecule has 70 valence electrons. The number of aliphatic imine (C=N–C) groups is 1. The SMILES string of the molecule is O=C(Cl)/C=C/c1ccc(N=C=S)cc1. The predicted octanol–water partition coefficient (Wildman–Crippen LogP) is 3.20. The molecule has 0 amide bonds. The first-order valence-electron chi connectivity index (χ1n) is 3.78. The molecule has 0 saturated carbocycles. The molecule has 0 N–H and O–H groups in total. The van der Waals surface area contributed by atoms with E-state index in [-0.39, 0.29) is 0 Å². The number of allylic oxidation sites excluding steroid dienone is 1. The third-order valence-electron chi connectivity index (χ3n) is 1.47. The summed E-state index contributed by atoms with van der Waals surface area (Å²) in [6, 6.07) is 7.17. The number of nitrogens with zero attached hydrogens (tertiary/aromatic N) is 1. The van der Waals surface area contributed by atoms with Crippen molar-refractivity contribution in [3.63, 3.8) is 0 Å². The van der Waals surface area contributed by atoms with E-state index in [1.165, 1.54) is 6.08 Å². The number of hydrogen-bond acceptors (Lipinski definition) is 3. The summed E-state index contributed by atoms with van der Waals surface area (Å²) >= 11 is 9.60. The summed E-state index contributed by atoms with van der Waals surface area (Å²) in [6.07, 6.45) is 2.92. The Hall–Kier alpha value is -1.28. The van der Waals surface area contributed by atoms with Gasteiger partial charge in [-0.05, 0) is 47.6 Å². The Morgan fingerprint density at radius 2 is 2.07 bits per heavy atom. The molecule has 0 bridgehead atoms. The van der Waals surface area contributed by atoms with Gasteiger partial charge in [0.15, 0.2) is 0 Å². The van der Waals surface area contributed by atoms with Crippen LogP contribution in [0.5, 0.6) is 0 Å². The number of halogens is 1. The monoisotopic (exact) mass is 223 g/mol. The van der Waals surface area contributed by atoms with Gasteiger partial charge in [0.1, 0.15) is 0 Å². The second-order valence-corrected chi connectivity index (χ2v) is 2.99. The summed E-state index contributed by atoms with van der Waals surface area (Å²) in [6.45, 7) is 0. The average molecular weight is 224 g/mol. The highest BCUT2D eigenvalue weighted by Crippen LogP contribution is 2.13. The number of carbonyl (C=O) groups is 1. The number of hydrogen-bond donors (Lipinski definition) is 0. The average Bonchev–Trinajstić information content (AvgIpc) is 2.17. The molecule has 0 atom stereocenters. The quantitative estimate of drug-likeness (QED) is 0.341. The molecule has 1 aromatic carbocycles. The Kier molecular flexibility index (Phi) is 4.20.